The highest BCUT2D eigenvalue weighted by molar-refractivity contribution is 6.33. The van der Waals surface area contributed by atoms with Crippen LogP contribution in [0.2, 0.25) is 5.02 Å². The average Bonchev–Trinajstić information content (AvgIpc) is 3.18. The zero-order valence-corrected chi connectivity index (χ0v) is 18.7. The van der Waals surface area contributed by atoms with Gasteiger partial charge >= 0.3 is 0 Å². The topological polar surface area (TPSA) is 93.6 Å². The number of likely N-dealkylation sites (tertiary alicyclic amines) is 1. The van der Waals surface area contributed by atoms with Crippen LogP contribution in [0.1, 0.15) is 49.8 Å². The molecule has 0 spiro atoms. The molecular weight excluding hydrogens is 414 g/mol. The molecule has 3 aromatic rings. The van der Waals surface area contributed by atoms with E-state index in [0.29, 0.717) is 48.0 Å². The Bertz CT molecular complexity index is 1160. The Balaban J connectivity index is 1.80. The summed E-state index contributed by atoms with van der Waals surface area (Å²) in [5.74, 6) is -0.633. The van der Waals surface area contributed by atoms with Gasteiger partial charge in [-0.3, -0.25) is 9.59 Å². The first-order valence-electron chi connectivity index (χ1n) is 10.4. The molecule has 7 nitrogen and oxygen atoms in total. The fourth-order valence-electron chi connectivity index (χ4n) is 3.83. The summed E-state index contributed by atoms with van der Waals surface area (Å²) < 4.78 is 1.61. The predicted octanol–water partition coefficient (Wildman–Crippen LogP) is 3.68. The number of nitrogens with zero attached hydrogens (tertiary/aromatic N) is 4. The lowest BCUT2D eigenvalue weighted by Crippen LogP contribution is -2.42. The molecule has 162 valence electrons. The molecule has 2 amide bonds. The Morgan fingerprint density at radius 2 is 1.81 bits per heavy atom. The monoisotopic (exact) mass is 439 g/mol. The van der Waals surface area contributed by atoms with Gasteiger partial charge in [-0.15, -0.1) is 0 Å². The summed E-state index contributed by atoms with van der Waals surface area (Å²) in [5, 5.41) is 5.27. The minimum atomic E-state index is -0.304. The first kappa shape index (κ1) is 21.3. The molecule has 3 heterocycles. The van der Waals surface area contributed by atoms with Gasteiger partial charge in [0.25, 0.3) is 5.91 Å². The number of carbonyl (C=O) groups is 2. The van der Waals surface area contributed by atoms with E-state index >= 15 is 0 Å². The third kappa shape index (κ3) is 4.14. The van der Waals surface area contributed by atoms with E-state index in [9.17, 15) is 9.59 Å². The normalized spacial score (nSPS) is 15.4. The van der Waals surface area contributed by atoms with Gasteiger partial charge < -0.3 is 10.6 Å². The number of piperidine rings is 1. The standard InChI is InChI=1S/C23H26ClN5O2/c1-23(2,3)19-13-20-26-17(15-6-4-5-7-16(15)24)12-18(29(20)27-19)22(31)28-10-8-14(9-11-28)21(25)30/h4-7,12-14H,8-11H2,1-3H3,(H2,25,30). The van der Waals surface area contributed by atoms with Crippen molar-refractivity contribution in [1.82, 2.24) is 19.5 Å². The van der Waals surface area contributed by atoms with E-state index in [0.717, 1.165) is 11.3 Å². The highest BCUT2D eigenvalue weighted by atomic mass is 35.5. The van der Waals surface area contributed by atoms with E-state index in [1.165, 1.54) is 0 Å². The smallest absolute Gasteiger partial charge is 0.272 e. The second-order valence-corrected chi connectivity index (χ2v) is 9.43. The van der Waals surface area contributed by atoms with Crippen LogP contribution >= 0.6 is 11.6 Å². The van der Waals surface area contributed by atoms with Crippen molar-refractivity contribution < 1.29 is 9.59 Å². The fourth-order valence-corrected chi connectivity index (χ4v) is 4.06. The Morgan fingerprint density at radius 3 is 2.42 bits per heavy atom. The molecular formula is C23H26ClN5O2. The Morgan fingerprint density at radius 1 is 1.13 bits per heavy atom. The van der Waals surface area contributed by atoms with Crippen molar-refractivity contribution in [3.8, 4) is 11.3 Å². The number of benzene rings is 1. The van der Waals surface area contributed by atoms with Crippen LogP contribution < -0.4 is 5.73 Å². The number of aromatic nitrogens is 3. The molecule has 0 atom stereocenters. The zero-order valence-electron chi connectivity index (χ0n) is 17.9. The maximum absolute atomic E-state index is 13.5. The van der Waals surface area contributed by atoms with Gasteiger partial charge in [0.1, 0.15) is 5.69 Å². The molecule has 0 bridgehead atoms. The maximum atomic E-state index is 13.5. The average molecular weight is 440 g/mol. The molecule has 2 aromatic heterocycles. The van der Waals surface area contributed by atoms with E-state index in [4.69, 9.17) is 27.4 Å². The summed E-state index contributed by atoms with van der Waals surface area (Å²) in [7, 11) is 0. The highest BCUT2D eigenvalue weighted by Crippen LogP contribution is 2.30. The van der Waals surface area contributed by atoms with Gasteiger partial charge in [-0.05, 0) is 25.0 Å². The number of amides is 2. The molecule has 1 fully saturated rings. The van der Waals surface area contributed by atoms with Crippen LogP contribution in [-0.4, -0.2) is 44.4 Å². The van der Waals surface area contributed by atoms with Crippen molar-refractivity contribution in [1.29, 1.82) is 0 Å². The molecule has 31 heavy (non-hydrogen) atoms. The van der Waals surface area contributed by atoms with Crippen LogP contribution in [0.25, 0.3) is 16.9 Å². The molecule has 2 N–H and O–H groups in total. The zero-order chi connectivity index (χ0) is 22.3. The summed E-state index contributed by atoms with van der Waals surface area (Å²) in [6.45, 7) is 7.16. The number of halogens is 1. The van der Waals surface area contributed by atoms with Crippen molar-refractivity contribution in [2.24, 2.45) is 11.7 Å². The van der Waals surface area contributed by atoms with Crippen molar-refractivity contribution in [2.45, 2.75) is 39.0 Å². The Hall–Kier alpha value is -2.93. The van der Waals surface area contributed by atoms with Crippen molar-refractivity contribution in [3.63, 3.8) is 0 Å². The molecule has 1 aliphatic heterocycles. The molecule has 0 saturated carbocycles. The molecule has 0 aliphatic carbocycles. The number of rotatable bonds is 3. The van der Waals surface area contributed by atoms with Crippen LogP contribution in [-0.2, 0) is 10.2 Å². The second kappa shape index (κ2) is 7.96. The van der Waals surface area contributed by atoms with Gasteiger partial charge in [0.05, 0.1) is 11.4 Å². The van der Waals surface area contributed by atoms with Gasteiger partial charge in [-0.2, -0.15) is 5.10 Å². The van der Waals surface area contributed by atoms with Gasteiger partial charge in [-0.1, -0.05) is 50.6 Å². The fraction of sp³-hybridized carbons (Fsp3) is 0.391. The van der Waals surface area contributed by atoms with E-state index < -0.39 is 0 Å². The van der Waals surface area contributed by atoms with Crippen LogP contribution in [0.5, 0.6) is 0 Å². The third-order valence-electron chi connectivity index (χ3n) is 5.75. The molecule has 0 radical (unpaired) electrons. The van der Waals surface area contributed by atoms with Gasteiger partial charge in [0.2, 0.25) is 5.91 Å². The summed E-state index contributed by atoms with van der Waals surface area (Å²) in [4.78, 5) is 31.5. The summed E-state index contributed by atoms with van der Waals surface area (Å²) >= 11 is 6.41. The van der Waals surface area contributed by atoms with Crippen molar-refractivity contribution >= 4 is 29.1 Å². The van der Waals surface area contributed by atoms with Crippen LogP contribution in [0.3, 0.4) is 0 Å². The number of hydrogen-bond acceptors (Lipinski definition) is 4. The number of fused-ring (bicyclic) bond motifs is 1. The number of carbonyl (C=O) groups excluding carboxylic acids is 2. The SMILES string of the molecule is CC(C)(C)c1cc2nc(-c3ccccc3Cl)cc(C(=O)N3CCC(C(N)=O)CC3)n2n1. The molecule has 0 unspecified atom stereocenters. The molecule has 8 heteroatoms. The Labute approximate surface area is 186 Å². The predicted molar refractivity (Wildman–Crippen MR) is 120 cm³/mol. The quantitative estimate of drug-likeness (QED) is 0.673. The third-order valence-corrected chi connectivity index (χ3v) is 6.08. The lowest BCUT2D eigenvalue weighted by Gasteiger charge is -2.30. The minimum Gasteiger partial charge on any atom is -0.369 e. The second-order valence-electron chi connectivity index (χ2n) is 9.02. The molecule has 1 saturated heterocycles. The maximum Gasteiger partial charge on any atom is 0.272 e. The highest BCUT2D eigenvalue weighted by Gasteiger charge is 2.29. The lowest BCUT2D eigenvalue weighted by atomic mass is 9.93. The summed E-state index contributed by atoms with van der Waals surface area (Å²) in [6, 6.07) is 11.1. The first-order chi connectivity index (χ1) is 14.6. The lowest BCUT2D eigenvalue weighted by molar-refractivity contribution is -0.123. The number of hydrogen-bond donors (Lipinski definition) is 1. The van der Waals surface area contributed by atoms with Gasteiger partial charge in [0, 0.05) is 41.1 Å². The van der Waals surface area contributed by atoms with Crippen LogP contribution in [0.4, 0.5) is 0 Å². The van der Waals surface area contributed by atoms with Crippen LogP contribution in [0, 0.1) is 5.92 Å². The number of primary amides is 1. The largest absolute Gasteiger partial charge is 0.369 e. The first-order valence-corrected chi connectivity index (χ1v) is 10.8. The molecule has 4 rings (SSSR count). The Kier molecular flexibility index (Phi) is 5.47. The number of nitrogens with two attached hydrogens (primary N) is 1. The van der Waals surface area contributed by atoms with Gasteiger partial charge in [-0.25, -0.2) is 9.50 Å². The van der Waals surface area contributed by atoms with E-state index in [2.05, 4.69) is 20.8 Å². The van der Waals surface area contributed by atoms with E-state index in [-0.39, 0.29) is 23.1 Å². The van der Waals surface area contributed by atoms with Gasteiger partial charge in [0.15, 0.2) is 5.65 Å². The molecule has 1 aromatic carbocycles. The van der Waals surface area contributed by atoms with Crippen molar-refractivity contribution in [3.05, 3.63) is 52.8 Å². The summed E-state index contributed by atoms with van der Waals surface area (Å²) in [5.41, 5.74) is 8.48. The minimum absolute atomic E-state index is 0.146. The van der Waals surface area contributed by atoms with E-state index in [1.54, 1.807) is 21.5 Å². The van der Waals surface area contributed by atoms with Crippen molar-refractivity contribution in [2.75, 3.05) is 13.1 Å². The molecule has 1 aliphatic rings. The van der Waals surface area contributed by atoms with Crippen LogP contribution in [0.15, 0.2) is 36.4 Å². The van der Waals surface area contributed by atoms with E-state index in [1.807, 2.05) is 24.3 Å². The summed E-state index contributed by atoms with van der Waals surface area (Å²) in [6.07, 6.45) is 1.14.